The first kappa shape index (κ1) is 22.4. The van der Waals surface area contributed by atoms with Crippen LogP contribution < -0.4 is 15.4 Å². The highest BCUT2D eigenvalue weighted by atomic mass is 32.2. The molecule has 0 aliphatic carbocycles. The fourth-order valence-electron chi connectivity index (χ4n) is 1.67. The van der Waals surface area contributed by atoms with E-state index < -0.39 is 46.3 Å². The van der Waals surface area contributed by atoms with E-state index in [1.165, 1.54) is 29.0 Å². The van der Waals surface area contributed by atoms with Crippen LogP contribution in [0.25, 0.3) is 0 Å². The predicted octanol–water partition coefficient (Wildman–Crippen LogP) is 0.357. The maximum Gasteiger partial charge on any atom is 0.511 e. The van der Waals surface area contributed by atoms with Crippen LogP contribution in [0.3, 0.4) is 0 Å². The van der Waals surface area contributed by atoms with E-state index in [4.69, 9.17) is 0 Å². The summed E-state index contributed by atoms with van der Waals surface area (Å²) in [5.74, 6) is -2.05. The third-order valence-electron chi connectivity index (χ3n) is 2.98. The number of benzene rings is 1. The van der Waals surface area contributed by atoms with Crippen LogP contribution >= 0.6 is 0 Å². The van der Waals surface area contributed by atoms with Crippen LogP contribution in [0.15, 0.2) is 24.3 Å². The molecule has 150 valence electrons. The van der Waals surface area contributed by atoms with Crippen LogP contribution in [0, 0.1) is 0 Å². The van der Waals surface area contributed by atoms with Crippen molar-refractivity contribution in [1.82, 2.24) is 10.0 Å². The molecule has 0 aliphatic rings. The molecule has 27 heavy (non-hydrogen) atoms. The van der Waals surface area contributed by atoms with Gasteiger partial charge in [-0.15, -0.1) is 0 Å². The van der Waals surface area contributed by atoms with Gasteiger partial charge in [-0.05, 0) is 18.2 Å². The van der Waals surface area contributed by atoms with Crippen LogP contribution in [0.5, 0.6) is 0 Å². The second kappa shape index (κ2) is 9.32. The third kappa shape index (κ3) is 7.22. The van der Waals surface area contributed by atoms with Gasteiger partial charge in [0.25, 0.3) is 5.91 Å². The van der Waals surface area contributed by atoms with E-state index in [0.717, 1.165) is 7.11 Å². The predicted molar refractivity (Wildman–Crippen MR) is 87.0 cm³/mol. The molecule has 0 unspecified atom stereocenters. The van der Waals surface area contributed by atoms with Gasteiger partial charge in [-0.25, -0.2) is 13.1 Å². The SMILES string of the molecule is COC(=O)CNC(=O)c1cccc(NC(=O)CCNS(=O)(=O)C(F)(F)F)c1. The maximum atomic E-state index is 12.1. The molecule has 13 heteroatoms. The van der Waals surface area contributed by atoms with Crippen molar-refractivity contribution in [3.63, 3.8) is 0 Å². The fourth-order valence-corrected chi connectivity index (χ4v) is 2.20. The first-order valence-corrected chi connectivity index (χ1v) is 8.75. The third-order valence-corrected chi connectivity index (χ3v) is 4.17. The molecule has 0 saturated carbocycles. The number of amides is 2. The average molecular weight is 411 g/mol. The lowest BCUT2D eigenvalue weighted by atomic mass is 10.2. The second-order valence-electron chi connectivity index (χ2n) is 4.98. The highest BCUT2D eigenvalue weighted by Crippen LogP contribution is 2.21. The standard InChI is InChI=1S/C14H16F3N3O6S/c1-26-12(22)8-18-13(23)9-3-2-4-10(7-9)20-11(21)5-6-19-27(24,25)14(15,16)17/h2-4,7,19H,5-6,8H2,1H3,(H,18,23)(H,20,21). The monoisotopic (exact) mass is 411 g/mol. The zero-order chi connectivity index (χ0) is 20.7. The Labute approximate surface area is 152 Å². The van der Waals surface area contributed by atoms with Crippen molar-refractivity contribution in [2.75, 3.05) is 25.5 Å². The number of rotatable bonds is 8. The van der Waals surface area contributed by atoms with Crippen molar-refractivity contribution in [3.05, 3.63) is 29.8 Å². The minimum Gasteiger partial charge on any atom is -0.468 e. The Morgan fingerprint density at radius 1 is 1.19 bits per heavy atom. The number of sulfonamides is 1. The lowest BCUT2D eigenvalue weighted by Crippen LogP contribution is -2.37. The van der Waals surface area contributed by atoms with Gasteiger partial charge in [0.2, 0.25) is 5.91 Å². The summed E-state index contributed by atoms with van der Waals surface area (Å²) >= 11 is 0. The molecule has 1 aromatic rings. The van der Waals surface area contributed by atoms with Crippen LogP contribution in [0.1, 0.15) is 16.8 Å². The highest BCUT2D eigenvalue weighted by molar-refractivity contribution is 7.90. The van der Waals surface area contributed by atoms with Crippen molar-refractivity contribution in [1.29, 1.82) is 0 Å². The zero-order valence-electron chi connectivity index (χ0n) is 13.9. The van der Waals surface area contributed by atoms with Crippen LogP contribution in [0.2, 0.25) is 0 Å². The van der Waals surface area contributed by atoms with Gasteiger partial charge in [-0.2, -0.15) is 13.2 Å². The van der Waals surface area contributed by atoms with Crippen molar-refractivity contribution < 1.29 is 40.7 Å². The van der Waals surface area contributed by atoms with Gasteiger partial charge in [0.05, 0.1) is 7.11 Å². The summed E-state index contributed by atoms with van der Waals surface area (Å²) < 4.78 is 63.6. The van der Waals surface area contributed by atoms with E-state index in [1.54, 1.807) is 0 Å². The molecule has 0 radical (unpaired) electrons. The normalized spacial score (nSPS) is 11.6. The number of carbonyl (C=O) groups is 3. The fraction of sp³-hybridized carbons (Fsp3) is 0.357. The molecule has 0 atom stereocenters. The molecule has 9 nitrogen and oxygen atoms in total. The van der Waals surface area contributed by atoms with Gasteiger partial charge in [-0.3, -0.25) is 14.4 Å². The van der Waals surface area contributed by atoms with E-state index in [2.05, 4.69) is 15.4 Å². The first-order valence-electron chi connectivity index (χ1n) is 7.27. The van der Waals surface area contributed by atoms with E-state index in [9.17, 15) is 36.0 Å². The summed E-state index contributed by atoms with van der Waals surface area (Å²) in [6, 6.07) is 5.51. The number of esters is 1. The Bertz CT molecular complexity index is 811. The second-order valence-corrected chi connectivity index (χ2v) is 6.74. The van der Waals surface area contributed by atoms with Crippen LogP contribution in [-0.2, 0) is 24.3 Å². The lowest BCUT2D eigenvalue weighted by molar-refractivity contribution is -0.139. The molecule has 3 N–H and O–H groups in total. The van der Waals surface area contributed by atoms with Gasteiger partial charge >= 0.3 is 21.5 Å². The van der Waals surface area contributed by atoms with E-state index in [0.29, 0.717) is 0 Å². The summed E-state index contributed by atoms with van der Waals surface area (Å²) in [5, 5.41) is 4.60. The van der Waals surface area contributed by atoms with Gasteiger partial charge < -0.3 is 15.4 Å². The number of anilines is 1. The summed E-state index contributed by atoms with van der Waals surface area (Å²) in [6.45, 7) is -1.11. The van der Waals surface area contributed by atoms with Gasteiger partial charge in [0.15, 0.2) is 0 Å². The summed E-state index contributed by atoms with van der Waals surface area (Å²) in [7, 11) is -4.37. The van der Waals surface area contributed by atoms with Crippen LogP contribution in [0.4, 0.5) is 18.9 Å². The molecule has 0 spiro atoms. The Balaban J connectivity index is 2.58. The summed E-state index contributed by atoms with van der Waals surface area (Å²) in [4.78, 5) is 34.5. The lowest BCUT2D eigenvalue weighted by Gasteiger charge is -2.10. The smallest absolute Gasteiger partial charge is 0.468 e. The van der Waals surface area contributed by atoms with Gasteiger partial charge in [0, 0.05) is 24.2 Å². The molecule has 2 amide bonds. The molecular formula is C14H16F3N3O6S. The Kier molecular flexibility index (Phi) is 7.72. The van der Waals surface area contributed by atoms with Crippen molar-refractivity contribution in [2.24, 2.45) is 0 Å². The summed E-state index contributed by atoms with van der Waals surface area (Å²) in [5.41, 5.74) is -5.20. The number of halogens is 3. The molecular weight excluding hydrogens is 395 g/mol. The van der Waals surface area contributed by atoms with Gasteiger partial charge in [0.1, 0.15) is 6.54 Å². The quantitative estimate of drug-likeness (QED) is 0.530. The average Bonchev–Trinajstić information content (AvgIpc) is 2.58. The maximum absolute atomic E-state index is 12.1. The van der Waals surface area contributed by atoms with Gasteiger partial charge in [-0.1, -0.05) is 6.07 Å². The van der Waals surface area contributed by atoms with E-state index in [-0.39, 0.29) is 17.8 Å². The number of alkyl halides is 3. The Hall–Kier alpha value is -2.67. The molecule has 0 aliphatic heterocycles. The zero-order valence-corrected chi connectivity index (χ0v) is 14.7. The Morgan fingerprint density at radius 2 is 1.85 bits per heavy atom. The molecule has 0 heterocycles. The van der Waals surface area contributed by atoms with Crippen molar-refractivity contribution in [3.8, 4) is 0 Å². The number of methoxy groups -OCH3 is 1. The minimum absolute atomic E-state index is 0.106. The topological polar surface area (TPSA) is 131 Å². The largest absolute Gasteiger partial charge is 0.511 e. The molecule has 1 rings (SSSR count). The molecule has 0 fully saturated rings. The number of hydrogen-bond acceptors (Lipinski definition) is 6. The molecule has 1 aromatic carbocycles. The van der Waals surface area contributed by atoms with E-state index in [1.807, 2.05) is 0 Å². The number of hydrogen-bond donors (Lipinski definition) is 3. The number of carbonyl (C=O) groups excluding carboxylic acids is 3. The van der Waals surface area contributed by atoms with Crippen molar-refractivity contribution in [2.45, 2.75) is 11.9 Å². The molecule has 0 bridgehead atoms. The summed E-state index contributed by atoms with van der Waals surface area (Å²) in [6.07, 6.45) is -0.561. The van der Waals surface area contributed by atoms with E-state index >= 15 is 0 Å². The Morgan fingerprint density at radius 3 is 2.44 bits per heavy atom. The first-order chi connectivity index (χ1) is 12.5. The number of nitrogens with one attached hydrogen (secondary N) is 3. The highest BCUT2D eigenvalue weighted by Gasteiger charge is 2.45. The molecule has 0 saturated heterocycles. The number of ether oxygens (including phenoxy) is 1. The van der Waals surface area contributed by atoms with Crippen molar-refractivity contribution >= 4 is 33.5 Å². The van der Waals surface area contributed by atoms with Crippen LogP contribution in [-0.4, -0.2) is 51.9 Å². The minimum atomic E-state index is -5.52. The molecule has 0 aromatic heterocycles.